The van der Waals surface area contributed by atoms with E-state index in [4.69, 9.17) is 4.52 Å². The third kappa shape index (κ3) is 6.98. The Morgan fingerprint density at radius 1 is 1.40 bits per heavy atom. The number of hydrogen-bond donors (Lipinski definition) is 2. The maximum atomic E-state index is 11.2. The molecule has 0 amide bonds. The quantitative estimate of drug-likeness (QED) is 0.561. The first-order chi connectivity index (χ1) is 12.1. The van der Waals surface area contributed by atoms with Crippen LogP contribution in [0.5, 0.6) is 0 Å². The van der Waals surface area contributed by atoms with Crippen LogP contribution >= 0.6 is 11.9 Å². The maximum Gasteiger partial charge on any atom is 0.304 e. The normalized spacial score (nSPS) is 18.2. The van der Waals surface area contributed by atoms with E-state index in [0.29, 0.717) is 11.7 Å². The van der Waals surface area contributed by atoms with Crippen LogP contribution in [0, 0.1) is 5.92 Å². The molecule has 0 radical (unpaired) electrons. The molecule has 1 aliphatic carbocycles. The van der Waals surface area contributed by atoms with Gasteiger partial charge in [0.2, 0.25) is 5.89 Å². The molecule has 0 spiro atoms. The number of rotatable bonds is 11. The molecule has 1 heterocycles. The molecule has 25 heavy (non-hydrogen) atoms. The predicted molar refractivity (Wildman–Crippen MR) is 99.7 cm³/mol. The number of aliphatic carboxylic acids is 1. The average Bonchev–Trinajstić information content (AvgIpc) is 3.09. The van der Waals surface area contributed by atoms with Crippen LogP contribution in [0.25, 0.3) is 0 Å². The summed E-state index contributed by atoms with van der Waals surface area (Å²) in [7, 11) is 0. The molecule has 1 fully saturated rings. The zero-order chi connectivity index (χ0) is 18.1. The van der Waals surface area contributed by atoms with Gasteiger partial charge in [-0.2, -0.15) is 4.98 Å². The van der Waals surface area contributed by atoms with Gasteiger partial charge in [-0.15, -0.1) is 0 Å². The van der Waals surface area contributed by atoms with Crippen LogP contribution in [-0.2, 0) is 4.79 Å². The van der Waals surface area contributed by atoms with Crippen molar-refractivity contribution < 1.29 is 14.4 Å². The minimum Gasteiger partial charge on any atom is -0.481 e. The van der Waals surface area contributed by atoms with Crippen molar-refractivity contribution in [1.29, 1.82) is 0 Å². The Morgan fingerprint density at radius 3 is 2.84 bits per heavy atom. The summed E-state index contributed by atoms with van der Waals surface area (Å²) in [5.74, 6) is 1.10. The van der Waals surface area contributed by atoms with Gasteiger partial charge in [0.25, 0.3) is 0 Å². The molecule has 1 aromatic rings. The van der Waals surface area contributed by atoms with Crippen LogP contribution in [0.4, 0.5) is 0 Å². The summed E-state index contributed by atoms with van der Waals surface area (Å²) < 4.78 is 8.60. The van der Waals surface area contributed by atoms with E-state index in [1.165, 1.54) is 38.5 Å². The average molecular weight is 370 g/mol. The van der Waals surface area contributed by atoms with Crippen molar-refractivity contribution in [2.24, 2.45) is 5.92 Å². The fourth-order valence-corrected chi connectivity index (χ4v) is 3.98. The monoisotopic (exact) mass is 369 g/mol. The van der Waals surface area contributed by atoms with Gasteiger partial charge in [0, 0.05) is 18.4 Å². The van der Waals surface area contributed by atoms with Gasteiger partial charge >= 0.3 is 5.97 Å². The molecule has 0 aromatic carbocycles. The van der Waals surface area contributed by atoms with Crippen molar-refractivity contribution >= 4 is 17.9 Å². The molecule has 2 rings (SSSR count). The van der Waals surface area contributed by atoms with Crippen molar-refractivity contribution in [3.8, 4) is 0 Å². The smallest absolute Gasteiger partial charge is 0.304 e. The number of carboxylic acid groups (broad SMARTS) is 1. The van der Waals surface area contributed by atoms with E-state index in [-0.39, 0.29) is 18.3 Å². The second kappa shape index (κ2) is 10.8. The number of hydrogen-bond acceptors (Lipinski definition) is 6. The van der Waals surface area contributed by atoms with Crippen LogP contribution in [0.2, 0.25) is 0 Å². The topological polar surface area (TPSA) is 88.2 Å². The zero-order valence-electron chi connectivity index (χ0n) is 15.4. The van der Waals surface area contributed by atoms with E-state index in [1.807, 2.05) is 13.2 Å². The Balaban J connectivity index is 1.89. The molecule has 1 saturated carbocycles. The molecular weight excluding hydrogens is 338 g/mol. The van der Waals surface area contributed by atoms with E-state index < -0.39 is 5.97 Å². The number of nitrogens with one attached hydrogen (secondary N) is 1. The summed E-state index contributed by atoms with van der Waals surface area (Å²) in [6.45, 7) is 2.79. The molecule has 2 atom stereocenters. The molecule has 0 bridgehead atoms. The van der Waals surface area contributed by atoms with E-state index in [2.05, 4.69) is 14.9 Å². The standard InChI is InChI=1S/C18H31N3O3S/c1-13(12-19-25-2)17-20-18(24-21-17)15(11-16(22)23)10-6-9-14-7-4-3-5-8-14/h13-15,19H,3-12H2,1-2H3,(H,22,23)/t13?,15-/m1/s1. The molecule has 142 valence electrons. The highest BCUT2D eigenvalue weighted by Crippen LogP contribution is 2.31. The lowest BCUT2D eigenvalue weighted by molar-refractivity contribution is -0.137. The molecule has 1 aliphatic rings. The molecule has 1 aromatic heterocycles. The summed E-state index contributed by atoms with van der Waals surface area (Å²) >= 11 is 1.56. The highest BCUT2D eigenvalue weighted by Gasteiger charge is 2.24. The summed E-state index contributed by atoms with van der Waals surface area (Å²) in [4.78, 5) is 15.7. The Bertz CT molecular complexity index is 517. The Morgan fingerprint density at radius 2 is 2.16 bits per heavy atom. The van der Waals surface area contributed by atoms with Crippen LogP contribution in [-0.4, -0.2) is 34.0 Å². The lowest BCUT2D eigenvalue weighted by atomic mass is 9.84. The Labute approximate surface area is 154 Å². The van der Waals surface area contributed by atoms with E-state index in [9.17, 15) is 9.90 Å². The number of carboxylic acids is 1. The van der Waals surface area contributed by atoms with Crippen LogP contribution in [0.3, 0.4) is 0 Å². The molecule has 6 nitrogen and oxygen atoms in total. The van der Waals surface area contributed by atoms with Gasteiger partial charge in [0.05, 0.1) is 6.42 Å². The third-order valence-electron chi connectivity index (χ3n) is 5.09. The zero-order valence-corrected chi connectivity index (χ0v) is 16.2. The van der Waals surface area contributed by atoms with Gasteiger partial charge in [-0.1, -0.05) is 69.0 Å². The van der Waals surface area contributed by atoms with Crippen LogP contribution < -0.4 is 4.72 Å². The van der Waals surface area contributed by atoms with E-state index >= 15 is 0 Å². The van der Waals surface area contributed by atoms with Crippen molar-refractivity contribution in [2.45, 2.75) is 76.5 Å². The highest BCUT2D eigenvalue weighted by atomic mass is 32.2. The van der Waals surface area contributed by atoms with Gasteiger partial charge in [-0.25, -0.2) is 0 Å². The molecule has 7 heteroatoms. The van der Waals surface area contributed by atoms with Crippen LogP contribution in [0.1, 0.15) is 88.3 Å². The second-order valence-electron chi connectivity index (χ2n) is 7.17. The Kier molecular flexibility index (Phi) is 8.75. The molecule has 2 N–H and O–H groups in total. The fourth-order valence-electron chi connectivity index (χ4n) is 3.57. The fraction of sp³-hybridized carbons (Fsp3) is 0.833. The summed E-state index contributed by atoms with van der Waals surface area (Å²) in [6.07, 6.45) is 11.8. The van der Waals surface area contributed by atoms with Crippen molar-refractivity contribution in [1.82, 2.24) is 14.9 Å². The molecular formula is C18H31N3O3S. The van der Waals surface area contributed by atoms with E-state index in [0.717, 1.165) is 25.3 Å². The lowest BCUT2D eigenvalue weighted by Gasteiger charge is -2.21. The summed E-state index contributed by atoms with van der Waals surface area (Å²) in [6, 6.07) is 0. The SMILES string of the molecule is CSNCC(C)c1noc([C@H](CCCC2CCCCC2)CC(=O)O)n1. The maximum absolute atomic E-state index is 11.2. The first-order valence-corrected chi connectivity index (χ1v) is 10.6. The predicted octanol–water partition coefficient (Wildman–Crippen LogP) is 4.35. The van der Waals surface area contributed by atoms with Crippen LogP contribution in [0.15, 0.2) is 4.52 Å². The molecule has 0 aliphatic heterocycles. The number of nitrogens with zero attached hydrogens (tertiary/aromatic N) is 2. The molecule has 1 unspecified atom stereocenters. The first kappa shape index (κ1) is 20.2. The first-order valence-electron chi connectivity index (χ1n) is 9.41. The van der Waals surface area contributed by atoms with Gasteiger partial charge in [0.1, 0.15) is 0 Å². The summed E-state index contributed by atoms with van der Waals surface area (Å²) in [5, 5.41) is 13.3. The number of carbonyl (C=O) groups is 1. The minimum atomic E-state index is -0.806. The van der Waals surface area contributed by atoms with Gasteiger partial charge < -0.3 is 9.63 Å². The molecule has 0 saturated heterocycles. The van der Waals surface area contributed by atoms with Gasteiger partial charge in [-0.3, -0.25) is 9.52 Å². The summed E-state index contributed by atoms with van der Waals surface area (Å²) in [5.41, 5.74) is 0. The lowest BCUT2D eigenvalue weighted by Crippen LogP contribution is -2.14. The van der Waals surface area contributed by atoms with Crippen molar-refractivity contribution in [3.05, 3.63) is 11.7 Å². The van der Waals surface area contributed by atoms with E-state index in [1.54, 1.807) is 11.9 Å². The van der Waals surface area contributed by atoms with Gasteiger partial charge in [-0.05, 0) is 18.6 Å². The number of aromatic nitrogens is 2. The van der Waals surface area contributed by atoms with Gasteiger partial charge in [0.15, 0.2) is 5.82 Å². The van der Waals surface area contributed by atoms with Crippen molar-refractivity contribution in [3.63, 3.8) is 0 Å². The third-order valence-corrected chi connectivity index (χ3v) is 5.55. The van der Waals surface area contributed by atoms with Crippen molar-refractivity contribution in [2.75, 3.05) is 12.8 Å². The largest absolute Gasteiger partial charge is 0.481 e. The second-order valence-corrected chi connectivity index (χ2v) is 7.87. The minimum absolute atomic E-state index is 0.0593. The highest BCUT2D eigenvalue weighted by molar-refractivity contribution is 7.96. The Hall–Kier alpha value is -1.08.